The third kappa shape index (κ3) is 4.16. The van der Waals surface area contributed by atoms with Crippen molar-refractivity contribution in [2.45, 2.75) is 51.6 Å². The maximum Gasteiger partial charge on any atom is 0.225 e. The zero-order chi connectivity index (χ0) is 15.2. The molecule has 0 unspecified atom stereocenters. The van der Waals surface area contributed by atoms with Gasteiger partial charge in [-0.25, -0.2) is 4.98 Å². The fourth-order valence-electron chi connectivity index (χ4n) is 2.85. The van der Waals surface area contributed by atoms with Crippen molar-refractivity contribution in [3.05, 3.63) is 41.9 Å². The van der Waals surface area contributed by atoms with E-state index in [1.807, 2.05) is 31.2 Å². The Morgan fingerprint density at radius 3 is 2.77 bits per heavy atom. The molecule has 2 heterocycles. The third-order valence-corrected chi connectivity index (χ3v) is 3.97. The summed E-state index contributed by atoms with van der Waals surface area (Å²) in [6.45, 7) is 2.63. The first-order chi connectivity index (χ1) is 10.8. The predicted octanol–water partition coefficient (Wildman–Crippen LogP) is 3.54. The summed E-state index contributed by atoms with van der Waals surface area (Å²) in [5.41, 5.74) is 1.95. The second-order valence-electron chi connectivity index (χ2n) is 5.87. The Labute approximate surface area is 131 Å². The van der Waals surface area contributed by atoms with Crippen molar-refractivity contribution < 1.29 is 0 Å². The van der Waals surface area contributed by atoms with Gasteiger partial charge in [-0.15, -0.1) is 0 Å². The van der Waals surface area contributed by atoms with E-state index in [-0.39, 0.29) is 0 Å². The molecule has 0 amide bonds. The quantitative estimate of drug-likeness (QED) is 0.884. The summed E-state index contributed by atoms with van der Waals surface area (Å²) in [7, 11) is 0. The molecule has 1 saturated carbocycles. The molecule has 2 aromatic rings. The van der Waals surface area contributed by atoms with Crippen LogP contribution < -0.4 is 10.6 Å². The van der Waals surface area contributed by atoms with Crippen molar-refractivity contribution in [1.82, 2.24) is 15.0 Å². The van der Waals surface area contributed by atoms with E-state index < -0.39 is 0 Å². The van der Waals surface area contributed by atoms with Crippen LogP contribution in [0.4, 0.5) is 11.8 Å². The molecule has 1 aliphatic rings. The van der Waals surface area contributed by atoms with Gasteiger partial charge in [0.1, 0.15) is 5.82 Å². The monoisotopic (exact) mass is 297 g/mol. The van der Waals surface area contributed by atoms with Gasteiger partial charge in [0, 0.05) is 24.0 Å². The van der Waals surface area contributed by atoms with Gasteiger partial charge < -0.3 is 10.6 Å². The number of nitrogens with one attached hydrogen (secondary N) is 2. The van der Waals surface area contributed by atoms with Gasteiger partial charge in [-0.05, 0) is 31.9 Å². The number of nitrogens with zero attached hydrogens (tertiary/aromatic N) is 3. The number of aryl methyl sites for hydroxylation is 1. The molecular weight excluding hydrogens is 274 g/mol. The van der Waals surface area contributed by atoms with Crippen LogP contribution in [0, 0.1) is 6.92 Å². The Morgan fingerprint density at radius 1 is 1.14 bits per heavy atom. The zero-order valence-corrected chi connectivity index (χ0v) is 13.0. The first kappa shape index (κ1) is 14.8. The summed E-state index contributed by atoms with van der Waals surface area (Å²) in [6.07, 6.45) is 8.25. The Kier molecular flexibility index (Phi) is 4.83. The van der Waals surface area contributed by atoms with Gasteiger partial charge in [-0.2, -0.15) is 4.98 Å². The molecule has 0 aliphatic heterocycles. The minimum Gasteiger partial charge on any atom is -0.367 e. The first-order valence-corrected chi connectivity index (χ1v) is 8.05. The van der Waals surface area contributed by atoms with Crippen LogP contribution in [0.3, 0.4) is 0 Å². The van der Waals surface area contributed by atoms with Crippen molar-refractivity contribution >= 4 is 11.8 Å². The lowest BCUT2D eigenvalue weighted by atomic mass is 9.95. The van der Waals surface area contributed by atoms with Crippen LogP contribution in [0.2, 0.25) is 0 Å². The molecule has 0 radical (unpaired) electrons. The molecule has 22 heavy (non-hydrogen) atoms. The molecule has 116 valence electrons. The van der Waals surface area contributed by atoms with Crippen molar-refractivity contribution in [2.75, 3.05) is 10.6 Å². The van der Waals surface area contributed by atoms with E-state index in [9.17, 15) is 0 Å². The third-order valence-electron chi connectivity index (χ3n) is 3.97. The molecule has 5 nitrogen and oxygen atoms in total. The van der Waals surface area contributed by atoms with E-state index in [0.29, 0.717) is 18.5 Å². The summed E-state index contributed by atoms with van der Waals surface area (Å²) in [4.78, 5) is 13.3. The molecule has 0 bridgehead atoms. The smallest absolute Gasteiger partial charge is 0.225 e. The molecule has 1 fully saturated rings. The lowest BCUT2D eigenvalue weighted by molar-refractivity contribution is 0.462. The van der Waals surface area contributed by atoms with Gasteiger partial charge >= 0.3 is 0 Å². The maximum absolute atomic E-state index is 4.58. The van der Waals surface area contributed by atoms with E-state index in [1.54, 1.807) is 6.20 Å². The van der Waals surface area contributed by atoms with Crippen molar-refractivity contribution in [3.63, 3.8) is 0 Å². The highest BCUT2D eigenvalue weighted by atomic mass is 15.1. The number of rotatable bonds is 5. The van der Waals surface area contributed by atoms with Gasteiger partial charge in [0.2, 0.25) is 5.95 Å². The lowest BCUT2D eigenvalue weighted by Crippen LogP contribution is -2.23. The minimum atomic E-state index is 0.548. The second-order valence-corrected chi connectivity index (χ2v) is 5.87. The zero-order valence-electron chi connectivity index (χ0n) is 13.0. The molecular formula is C17H23N5. The van der Waals surface area contributed by atoms with Crippen LogP contribution in [-0.4, -0.2) is 21.0 Å². The predicted molar refractivity (Wildman–Crippen MR) is 88.8 cm³/mol. The molecule has 0 saturated heterocycles. The maximum atomic E-state index is 4.58. The molecule has 0 aromatic carbocycles. The van der Waals surface area contributed by atoms with Crippen LogP contribution in [0.5, 0.6) is 0 Å². The Hall–Kier alpha value is -2.17. The van der Waals surface area contributed by atoms with Crippen molar-refractivity contribution in [3.8, 4) is 0 Å². The van der Waals surface area contributed by atoms with E-state index in [1.165, 1.54) is 32.1 Å². The van der Waals surface area contributed by atoms with Crippen LogP contribution in [0.15, 0.2) is 30.5 Å². The molecule has 0 spiro atoms. The summed E-state index contributed by atoms with van der Waals surface area (Å²) >= 11 is 0. The molecule has 2 aromatic heterocycles. The normalized spacial score (nSPS) is 15.5. The fraction of sp³-hybridized carbons (Fsp3) is 0.471. The van der Waals surface area contributed by atoms with Crippen LogP contribution in [0.25, 0.3) is 0 Å². The van der Waals surface area contributed by atoms with Crippen molar-refractivity contribution in [1.29, 1.82) is 0 Å². The number of aromatic nitrogens is 3. The van der Waals surface area contributed by atoms with Crippen LogP contribution in [0.1, 0.15) is 43.5 Å². The largest absolute Gasteiger partial charge is 0.367 e. The van der Waals surface area contributed by atoms with E-state index in [0.717, 1.165) is 17.2 Å². The number of anilines is 2. The van der Waals surface area contributed by atoms with Gasteiger partial charge in [-0.1, -0.05) is 25.3 Å². The lowest BCUT2D eigenvalue weighted by Gasteiger charge is -2.23. The molecule has 1 aliphatic carbocycles. The molecule has 5 heteroatoms. The highest BCUT2D eigenvalue weighted by Crippen LogP contribution is 2.21. The highest BCUT2D eigenvalue weighted by molar-refractivity contribution is 5.43. The summed E-state index contributed by atoms with van der Waals surface area (Å²) < 4.78 is 0. The fourth-order valence-corrected chi connectivity index (χ4v) is 2.85. The highest BCUT2D eigenvalue weighted by Gasteiger charge is 2.14. The average molecular weight is 297 g/mol. The molecule has 0 atom stereocenters. The average Bonchev–Trinajstić information content (AvgIpc) is 2.54. The van der Waals surface area contributed by atoms with Gasteiger partial charge in [0.05, 0.1) is 12.2 Å². The van der Waals surface area contributed by atoms with Gasteiger partial charge in [0.25, 0.3) is 0 Å². The standard InChI is InChI=1S/C17H23N5/c1-13-11-16(21-14-7-3-2-4-8-14)22-17(20-13)19-12-15-9-5-6-10-18-15/h5-6,9-11,14H,2-4,7-8,12H2,1H3,(H2,19,20,21,22). The Bertz CT molecular complexity index is 593. The van der Waals surface area contributed by atoms with Crippen LogP contribution >= 0.6 is 0 Å². The number of pyridine rings is 1. The van der Waals surface area contributed by atoms with E-state index in [4.69, 9.17) is 0 Å². The van der Waals surface area contributed by atoms with E-state index in [2.05, 4.69) is 25.6 Å². The number of hydrogen-bond acceptors (Lipinski definition) is 5. The molecule has 2 N–H and O–H groups in total. The van der Waals surface area contributed by atoms with E-state index >= 15 is 0 Å². The van der Waals surface area contributed by atoms with Crippen LogP contribution in [-0.2, 0) is 6.54 Å². The molecule has 3 rings (SSSR count). The van der Waals surface area contributed by atoms with Gasteiger partial charge in [-0.3, -0.25) is 4.98 Å². The summed E-state index contributed by atoms with van der Waals surface area (Å²) in [5, 5.41) is 6.81. The summed E-state index contributed by atoms with van der Waals surface area (Å²) in [6, 6.07) is 8.45. The Morgan fingerprint density at radius 2 is 2.00 bits per heavy atom. The first-order valence-electron chi connectivity index (χ1n) is 8.05. The SMILES string of the molecule is Cc1cc(NC2CCCCC2)nc(NCc2ccccn2)n1. The van der Waals surface area contributed by atoms with Crippen molar-refractivity contribution in [2.24, 2.45) is 0 Å². The second kappa shape index (κ2) is 7.20. The minimum absolute atomic E-state index is 0.548. The topological polar surface area (TPSA) is 62.7 Å². The van der Waals surface area contributed by atoms with Gasteiger partial charge in [0.15, 0.2) is 0 Å². The Balaban J connectivity index is 1.64. The summed E-state index contributed by atoms with van der Waals surface area (Å²) in [5.74, 6) is 1.58. The number of hydrogen-bond donors (Lipinski definition) is 2.